The van der Waals surface area contributed by atoms with Crippen LogP contribution in [0.4, 0.5) is 0 Å². The van der Waals surface area contributed by atoms with Gasteiger partial charge in [-0.3, -0.25) is 0 Å². The quantitative estimate of drug-likeness (QED) is 0.638. The number of aryl methyl sites for hydroxylation is 1. The minimum atomic E-state index is 0.633. The molecule has 0 atom stereocenters. The molecule has 0 saturated heterocycles. The number of hydrogen-bond donors (Lipinski definition) is 1. The Morgan fingerprint density at radius 3 is 3.00 bits per heavy atom. The first kappa shape index (κ1) is 8.82. The third kappa shape index (κ3) is 2.40. The lowest BCUT2D eigenvalue weighted by molar-refractivity contribution is 0.835. The molecule has 0 aliphatic heterocycles. The summed E-state index contributed by atoms with van der Waals surface area (Å²) in [7, 11) is 1.97. The van der Waals surface area contributed by atoms with Gasteiger partial charge in [-0.15, -0.1) is 5.92 Å². The van der Waals surface area contributed by atoms with Crippen molar-refractivity contribution in [3.05, 3.63) is 18.2 Å². The van der Waals surface area contributed by atoms with Gasteiger partial charge in [0.05, 0.1) is 6.42 Å². The Kier molecular flexibility index (Phi) is 3.36. The Hall–Kier alpha value is -1.27. The molecule has 2 N–H and O–H groups in total. The average Bonchev–Trinajstić information content (AvgIpc) is 2.46. The number of aromatic nitrogens is 2. The van der Waals surface area contributed by atoms with Gasteiger partial charge in [0.1, 0.15) is 5.82 Å². The zero-order valence-corrected chi connectivity index (χ0v) is 7.25. The van der Waals surface area contributed by atoms with E-state index in [0.717, 1.165) is 12.2 Å². The largest absolute Gasteiger partial charge is 0.337 e. The molecule has 0 unspecified atom stereocenters. The van der Waals surface area contributed by atoms with Crippen LogP contribution in [-0.2, 0) is 13.5 Å². The van der Waals surface area contributed by atoms with Gasteiger partial charge >= 0.3 is 0 Å². The van der Waals surface area contributed by atoms with Crippen molar-refractivity contribution in [2.24, 2.45) is 12.8 Å². The standard InChI is InChI=1S/C9H13N3/c1-12-8-7-11-9(12)5-3-2-4-6-10/h7-8H,4-6,10H2,1H3. The summed E-state index contributed by atoms with van der Waals surface area (Å²) in [5, 5.41) is 0. The zero-order chi connectivity index (χ0) is 8.81. The van der Waals surface area contributed by atoms with Crippen LogP contribution in [-0.4, -0.2) is 16.1 Å². The van der Waals surface area contributed by atoms with Crippen LogP contribution in [0.15, 0.2) is 12.4 Å². The third-order valence-electron chi connectivity index (χ3n) is 1.56. The van der Waals surface area contributed by atoms with Gasteiger partial charge in [-0.1, -0.05) is 5.92 Å². The molecular formula is C9H13N3. The monoisotopic (exact) mass is 163 g/mol. The highest BCUT2D eigenvalue weighted by Gasteiger charge is 1.93. The molecule has 0 aliphatic rings. The first-order chi connectivity index (χ1) is 5.84. The van der Waals surface area contributed by atoms with E-state index in [9.17, 15) is 0 Å². The van der Waals surface area contributed by atoms with E-state index in [-0.39, 0.29) is 0 Å². The van der Waals surface area contributed by atoms with Crippen molar-refractivity contribution in [1.29, 1.82) is 0 Å². The number of hydrogen-bond acceptors (Lipinski definition) is 2. The molecule has 0 aromatic carbocycles. The lowest BCUT2D eigenvalue weighted by atomic mass is 10.3. The molecular weight excluding hydrogens is 150 g/mol. The molecule has 64 valence electrons. The zero-order valence-electron chi connectivity index (χ0n) is 7.25. The highest BCUT2D eigenvalue weighted by molar-refractivity contribution is 5.07. The molecule has 0 saturated carbocycles. The molecule has 12 heavy (non-hydrogen) atoms. The molecule has 1 rings (SSSR count). The molecule has 3 heteroatoms. The number of rotatable bonds is 2. The third-order valence-corrected chi connectivity index (χ3v) is 1.56. The van der Waals surface area contributed by atoms with Crippen LogP contribution in [0.2, 0.25) is 0 Å². The fraction of sp³-hybridized carbons (Fsp3) is 0.444. The smallest absolute Gasteiger partial charge is 0.120 e. The fourth-order valence-corrected chi connectivity index (χ4v) is 0.869. The second-order valence-corrected chi connectivity index (χ2v) is 2.52. The highest BCUT2D eigenvalue weighted by atomic mass is 15.0. The van der Waals surface area contributed by atoms with Crippen LogP contribution >= 0.6 is 0 Å². The van der Waals surface area contributed by atoms with Crippen molar-refractivity contribution in [3.63, 3.8) is 0 Å². The summed E-state index contributed by atoms with van der Waals surface area (Å²) >= 11 is 0. The SMILES string of the molecule is Cn1ccnc1CC#CCCN. The molecule has 1 heterocycles. The van der Waals surface area contributed by atoms with Crippen LogP contribution in [0.1, 0.15) is 12.2 Å². The Labute approximate surface area is 72.6 Å². The minimum absolute atomic E-state index is 0.633. The molecule has 1 aromatic heterocycles. The maximum absolute atomic E-state index is 5.29. The first-order valence-electron chi connectivity index (χ1n) is 3.96. The lowest BCUT2D eigenvalue weighted by Gasteiger charge is -1.93. The van der Waals surface area contributed by atoms with E-state index < -0.39 is 0 Å². The van der Waals surface area contributed by atoms with Gasteiger partial charge in [-0.2, -0.15) is 0 Å². The van der Waals surface area contributed by atoms with Gasteiger partial charge in [0.15, 0.2) is 0 Å². The summed E-state index contributed by atoms with van der Waals surface area (Å²) in [5.41, 5.74) is 5.29. The summed E-state index contributed by atoms with van der Waals surface area (Å²) in [6.07, 6.45) is 5.17. The fourth-order valence-electron chi connectivity index (χ4n) is 0.869. The van der Waals surface area contributed by atoms with Crippen LogP contribution in [0.25, 0.3) is 0 Å². The van der Waals surface area contributed by atoms with E-state index in [0.29, 0.717) is 13.0 Å². The van der Waals surface area contributed by atoms with Crippen LogP contribution in [0.3, 0.4) is 0 Å². The van der Waals surface area contributed by atoms with Crippen molar-refractivity contribution < 1.29 is 0 Å². The topological polar surface area (TPSA) is 43.8 Å². The van der Waals surface area contributed by atoms with Gasteiger partial charge in [-0.05, 0) is 0 Å². The number of imidazole rings is 1. The van der Waals surface area contributed by atoms with Gasteiger partial charge in [0.25, 0.3) is 0 Å². The lowest BCUT2D eigenvalue weighted by Crippen LogP contribution is -1.97. The summed E-state index contributed by atoms with van der Waals surface area (Å²) in [6, 6.07) is 0. The Bertz CT molecular complexity index is 290. The van der Waals surface area contributed by atoms with E-state index in [1.165, 1.54) is 0 Å². The summed E-state index contributed by atoms with van der Waals surface area (Å²) in [5.74, 6) is 6.99. The Balaban J connectivity index is 2.44. The van der Waals surface area contributed by atoms with Gasteiger partial charge in [0.2, 0.25) is 0 Å². The molecule has 3 nitrogen and oxygen atoms in total. The number of nitrogens with two attached hydrogens (primary N) is 1. The van der Waals surface area contributed by atoms with Gasteiger partial charge in [-0.25, -0.2) is 4.98 Å². The normalized spacial score (nSPS) is 9.17. The highest BCUT2D eigenvalue weighted by Crippen LogP contribution is 1.93. The maximum Gasteiger partial charge on any atom is 0.120 e. The summed E-state index contributed by atoms with van der Waals surface area (Å²) in [6.45, 7) is 0.633. The van der Waals surface area contributed by atoms with Crippen molar-refractivity contribution in [3.8, 4) is 11.8 Å². The number of nitrogens with zero attached hydrogens (tertiary/aromatic N) is 2. The van der Waals surface area contributed by atoms with Crippen molar-refractivity contribution in [2.75, 3.05) is 6.54 Å². The maximum atomic E-state index is 5.29. The molecule has 0 radical (unpaired) electrons. The minimum Gasteiger partial charge on any atom is -0.337 e. The van der Waals surface area contributed by atoms with Crippen molar-refractivity contribution in [2.45, 2.75) is 12.8 Å². The van der Waals surface area contributed by atoms with Gasteiger partial charge < -0.3 is 10.3 Å². The predicted octanol–water partition coefficient (Wildman–Crippen LogP) is 0.315. The molecule has 0 bridgehead atoms. The first-order valence-corrected chi connectivity index (χ1v) is 3.96. The molecule has 0 spiro atoms. The van der Waals surface area contributed by atoms with E-state index in [1.54, 1.807) is 6.20 Å². The molecule has 0 amide bonds. The molecule has 0 aliphatic carbocycles. The van der Waals surface area contributed by atoms with E-state index in [2.05, 4.69) is 16.8 Å². The second kappa shape index (κ2) is 4.58. The Morgan fingerprint density at radius 1 is 1.58 bits per heavy atom. The molecule has 0 fully saturated rings. The van der Waals surface area contributed by atoms with Crippen LogP contribution < -0.4 is 5.73 Å². The summed E-state index contributed by atoms with van der Waals surface area (Å²) in [4.78, 5) is 4.14. The summed E-state index contributed by atoms with van der Waals surface area (Å²) < 4.78 is 1.97. The average molecular weight is 163 g/mol. The molecule has 1 aromatic rings. The van der Waals surface area contributed by atoms with E-state index in [4.69, 9.17) is 5.73 Å². The van der Waals surface area contributed by atoms with E-state index >= 15 is 0 Å². The van der Waals surface area contributed by atoms with Crippen molar-refractivity contribution >= 4 is 0 Å². The van der Waals surface area contributed by atoms with E-state index in [1.807, 2.05) is 17.8 Å². The van der Waals surface area contributed by atoms with Crippen molar-refractivity contribution in [1.82, 2.24) is 9.55 Å². The van der Waals surface area contributed by atoms with Crippen LogP contribution in [0.5, 0.6) is 0 Å². The second-order valence-electron chi connectivity index (χ2n) is 2.52. The Morgan fingerprint density at radius 2 is 2.42 bits per heavy atom. The van der Waals surface area contributed by atoms with Gasteiger partial charge in [0, 0.05) is 32.4 Å². The van der Waals surface area contributed by atoms with Crippen LogP contribution in [0, 0.1) is 11.8 Å². The predicted molar refractivity (Wildman–Crippen MR) is 48.4 cm³/mol.